The lowest BCUT2D eigenvalue weighted by Gasteiger charge is -2.40. The Labute approximate surface area is 321 Å². The summed E-state index contributed by atoms with van der Waals surface area (Å²) >= 11 is 0. The van der Waals surface area contributed by atoms with Crippen LogP contribution in [0, 0.1) is 0 Å². The summed E-state index contributed by atoms with van der Waals surface area (Å²) < 4.78 is 11.1. The van der Waals surface area contributed by atoms with Crippen molar-refractivity contribution in [1.29, 1.82) is 0 Å². The third-order valence-electron chi connectivity index (χ3n) is 9.25. The van der Waals surface area contributed by atoms with E-state index in [0.29, 0.717) is 6.42 Å². The Morgan fingerprint density at radius 3 is 1.79 bits per heavy atom. The van der Waals surface area contributed by atoms with Crippen molar-refractivity contribution in [2.75, 3.05) is 13.2 Å². The molecule has 0 aromatic rings. The lowest BCUT2D eigenvalue weighted by atomic mass is 9.99. The minimum Gasteiger partial charge on any atom is -0.394 e. The van der Waals surface area contributed by atoms with E-state index in [4.69, 9.17) is 9.47 Å². The Balaban J connectivity index is 2.27. The van der Waals surface area contributed by atoms with Crippen LogP contribution in [0.1, 0.15) is 142 Å². The van der Waals surface area contributed by atoms with Gasteiger partial charge in [-0.05, 0) is 64.2 Å². The van der Waals surface area contributed by atoms with Gasteiger partial charge in [0.1, 0.15) is 24.4 Å². The first kappa shape index (κ1) is 48.6. The first-order valence-corrected chi connectivity index (χ1v) is 20.7. The van der Waals surface area contributed by atoms with Crippen molar-refractivity contribution in [3.05, 3.63) is 72.9 Å². The molecule has 9 heteroatoms. The Morgan fingerprint density at radius 1 is 0.660 bits per heavy atom. The summed E-state index contributed by atoms with van der Waals surface area (Å²) in [4.78, 5) is 12.9. The monoisotopic (exact) mass is 746 g/mol. The topological polar surface area (TPSA) is 149 Å². The van der Waals surface area contributed by atoms with Gasteiger partial charge in [0.25, 0.3) is 0 Å². The maximum Gasteiger partial charge on any atom is 0.220 e. The molecule has 0 bridgehead atoms. The summed E-state index contributed by atoms with van der Waals surface area (Å²) in [7, 11) is 0. The second-order valence-electron chi connectivity index (χ2n) is 14.0. The zero-order valence-electron chi connectivity index (χ0n) is 33.0. The van der Waals surface area contributed by atoms with Gasteiger partial charge in [0.2, 0.25) is 5.91 Å². The largest absolute Gasteiger partial charge is 0.394 e. The van der Waals surface area contributed by atoms with Crippen LogP contribution in [0.3, 0.4) is 0 Å². The van der Waals surface area contributed by atoms with Crippen LogP contribution in [0.15, 0.2) is 72.9 Å². The molecule has 0 saturated carbocycles. The molecule has 0 aliphatic carbocycles. The van der Waals surface area contributed by atoms with Gasteiger partial charge in [-0.2, -0.15) is 0 Å². The van der Waals surface area contributed by atoms with E-state index in [1.54, 1.807) is 6.08 Å². The maximum absolute atomic E-state index is 12.9. The van der Waals surface area contributed by atoms with Crippen molar-refractivity contribution in [3.8, 4) is 0 Å². The van der Waals surface area contributed by atoms with Gasteiger partial charge in [0, 0.05) is 6.42 Å². The van der Waals surface area contributed by atoms with Gasteiger partial charge in [-0.25, -0.2) is 0 Å². The quantitative estimate of drug-likeness (QED) is 0.0302. The van der Waals surface area contributed by atoms with Crippen LogP contribution in [-0.4, -0.2) is 87.5 Å². The minimum absolute atomic E-state index is 0.201. The van der Waals surface area contributed by atoms with E-state index >= 15 is 0 Å². The number of allylic oxidation sites excluding steroid dienone is 11. The molecule has 1 fully saturated rings. The molecule has 1 aliphatic rings. The molecular formula is C44H75NO8. The van der Waals surface area contributed by atoms with Crippen molar-refractivity contribution >= 4 is 5.91 Å². The smallest absolute Gasteiger partial charge is 0.220 e. The Bertz CT molecular complexity index is 1050. The van der Waals surface area contributed by atoms with Crippen molar-refractivity contribution in [2.24, 2.45) is 0 Å². The second kappa shape index (κ2) is 34.1. The van der Waals surface area contributed by atoms with Crippen LogP contribution < -0.4 is 5.32 Å². The average Bonchev–Trinajstić information content (AvgIpc) is 3.16. The molecule has 1 saturated heterocycles. The number of hydrogen-bond acceptors (Lipinski definition) is 8. The van der Waals surface area contributed by atoms with E-state index < -0.39 is 49.5 Å². The molecule has 304 valence electrons. The van der Waals surface area contributed by atoms with E-state index in [0.717, 1.165) is 83.5 Å². The fourth-order valence-electron chi connectivity index (χ4n) is 5.93. The molecule has 9 nitrogen and oxygen atoms in total. The second-order valence-corrected chi connectivity index (χ2v) is 14.0. The first-order chi connectivity index (χ1) is 25.8. The molecule has 7 unspecified atom stereocenters. The van der Waals surface area contributed by atoms with Crippen LogP contribution in [0.5, 0.6) is 0 Å². The van der Waals surface area contributed by atoms with Crippen molar-refractivity contribution in [3.63, 3.8) is 0 Å². The zero-order chi connectivity index (χ0) is 38.8. The molecule has 1 heterocycles. The maximum atomic E-state index is 12.9. The van der Waals surface area contributed by atoms with E-state index in [9.17, 15) is 30.3 Å². The average molecular weight is 746 g/mol. The van der Waals surface area contributed by atoms with Crippen molar-refractivity contribution < 1.29 is 39.8 Å². The Kier molecular flexibility index (Phi) is 31.3. The van der Waals surface area contributed by atoms with Crippen molar-refractivity contribution in [2.45, 2.75) is 185 Å². The number of aliphatic hydroxyl groups excluding tert-OH is 5. The molecule has 6 N–H and O–H groups in total. The van der Waals surface area contributed by atoms with E-state index in [1.807, 2.05) is 6.08 Å². The van der Waals surface area contributed by atoms with Crippen LogP contribution in [0.2, 0.25) is 0 Å². The summed E-state index contributed by atoms with van der Waals surface area (Å²) in [6.07, 6.45) is 38.3. The van der Waals surface area contributed by atoms with E-state index in [1.165, 1.54) is 38.5 Å². The zero-order valence-corrected chi connectivity index (χ0v) is 33.0. The van der Waals surface area contributed by atoms with Crippen LogP contribution in [0.25, 0.3) is 0 Å². The standard InChI is InChI=1S/C44H75NO8/c1-3-5-7-9-11-12-13-14-15-16-17-18-19-20-21-22-23-24-25-26-28-30-32-34-40(48)45-37(38(47)33-31-29-27-10-8-6-4-2)36-52-44-43(51)42(50)41(49)39(35-46)53-44/h5,7-8,10-12,14-15,17-18,31,33,37-39,41-44,46-47,49-51H,3-4,6,9,13,16,19-30,32,34-36H2,1-2H3,(H,45,48)/b7-5-,10-8+,12-11-,15-14-,18-17-,33-31+. The number of carbonyl (C=O) groups is 1. The summed E-state index contributed by atoms with van der Waals surface area (Å²) in [6, 6.07) is -0.823. The van der Waals surface area contributed by atoms with Gasteiger partial charge in [-0.15, -0.1) is 0 Å². The van der Waals surface area contributed by atoms with Crippen molar-refractivity contribution in [1.82, 2.24) is 5.32 Å². The molecule has 53 heavy (non-hydrogen) atoms. The molecule has 1 amide bonds. The van der Waals surface area contributed by atoms with Gasteiger partial charge < -0.3 is 40.3 Å². The third kappa shape index (κ3) is 25.4. The molecule has 1 rings (SSSR count). The van der Waals surface area contributed by atoms with Crippen LogP contribution in [-0.2, 0) is 14.3 Å². The molecule has 0 aromatic heterocycles. The molecule has 0 aromatic carbocycles. The highest BCUT2D eigenvalue weighted by atomic mass is 16.7. The van der Waals surface area contributed by atoms with Gasteiger partial charge >= 0.3 is 0 Å². The highest BCUT2D eigenvalue weighted by Crippen LogP contribution is 2.22. The lowest BCUT2D eigenvalue weighted by Crippen LogP contribution is -2.60. The van der Waals surface area contributed by atoms with Gasteiger partial charge in [-0.1, -0.05) is 145 Å². The van der Waals surface area contributed by atoms with Gasteiger partial charge in [0.05, 0.1) is 25.4 Å². The predicted octanol–water partition coefficient (Wildman–Crippen LogP) is 7.83. The van der Waals surface area contributed by atoms with E-state index in [-0.39, 0.29) is 12.5 Å². The summed E-state index contributed by atoms with van der Waals surface area (Å²) in [5.74, 6) is -0.201. The highest BCUT2D eigenvalue weighted by molar-refractivity contribution is 5.76. The fraction of sp³-hybridized carbons (Fsp3) is 0.705. The normalized spacial score (nSPS) is 22.4. The molecule has 0 spiro atoms. The fourth-order valence-corrected chi connectivity index (χ4v) is 5.93. The van der Waals surface area contributed by atoms with E-state index in [2.05, 4.69) is 79.9 Å². The SMILES string of the molecule is CC/C=C\C/C=C\C/C=C\C/C=C\CCCCCCCCCCCCC(=O)NC(COC1OC(CO)C(O)C(O)C1O)C(O)/C=C/CC/C=C/CCC. The number of unbranched alkanes of at least 4 members (excludes halogenated alkanes) is 12. The number of nitrogens with one attached hydrogen (secondary N) is 1. The number of hydrogen-bond donors (Lipinski definition) is 6. The Morgan fingerprint density at radius 2 is 1.19 bits per heavy atom. The number of amides is 1. The number of rotatable bonds is 32. The minimum atomic E-state index is -1.57. The number of aliphatic hydroxyl groups is 5. The van der Waals surface area contributed by atoms with Crippen LogP contribution >= 0.6 is 0 Å². The number of carbonyl (C=O) groups excluding carboxylic acids is 1. The lowest BCUT2D eigenvalue weighted by molar-refractivity contribution is -0.302. The molecule has 1 aliphatic heterocycles. The van der Waals surface area contributed by atoms with Gasteiger partial charge in [-0.3, -0.25) is 4.79 Å². The molecular weight excluding hydrogens is 670 g/mol. The summed E-state index contributed by atoms with van der Waals surface area (Å²) in [5, 5.41) is 53.7. The Hall–Kier alpha value is -2.37. The summed E-state index contributed by atoms with van der Waals surface area (Å²) in [6.45, 7) is 3.50. The predicted molar refractivity (Wildman–Crippen MR) is 216 cm³/mol. The highest BCUT2D eigenvalue weighted by Gasteiger charge is 2.44. The van der Waals surface area contributed by atoms with Gasteiger partial charge in [0.15, 0.2) is 6.29 Å². The summed E-state index contributed by atoms with van der Waals surface area (Å²) in [5.41, 5.74) is 0. The number of ether oxygens (including phenoxy) is 2. The molecule has 7 atom stereocenters. The molecule has 0 radical (unpaired) electrons. The first-order valence-electron chi connectivity index (χ1n) is 20.7. The van der Waals surface area contributed by atoms with Crippen LogP contribution in [0.4, 0.5) is 0 Å². The third-order valence-corrected chi connectivity index (χ3v) is 9.25.